The molecule has 10 heteroatoms. The molecule has 0 bridgehead atoms. The van der Waals surface area contributed by atoms with Crippen LogP contribution >= 0.6 is 0 Å². The number of hydrogen-bond acceptors (Lipinski definition) is 7. The third-order valence-corrected chi connectivity index (χ3v) is 5.59. The van der Waals surface area contributed by atoms with Gasteiger partial charge in [0.15, 0.2) is 15.7 Å². The van der Waals surface area contributed by atoms with Gasteiger partial charge >= 0.3 is 5.82 Å². The van der Waals surface area contributed by atoms with Crippen LogP contribution in [0.4, 0.5) is 11.6 Å². The lowest BCUT2D eigenvalue weighted by atomic mass is 10.2. The molecule has 0 radical (unpaired) electrons. The number of nitrogens with zero attached hydrogens (tertiary/aromatic N) is 4. The van der Waals surface area contributed by atoms with E-state index >= 15 is 0 Å². The van der Waals surface area contributed by atoms with E-state index in [0.717, 1.165) is 17.1 Å². The summed E-state index contributed by atoms with van der Waals surface area (Å²) in [6.07, 6.45) is 1.13. The SMILES string of the molecule is CCS(=O)(=O)CCn1c([N+](=O)[O-])cnc1C.Nc1ccc2ccccc2n1. The fraction of sp³-hybridized carbons (Fsp3) is 0.294. The molecule has 0 saturated carbocycles. The standard InChI is InChI=1S/C9H8N2.C8H13N3O4S/c10-9-6-5-7-3-1-2-4-8(7)11-9;1-3-16(14,15)5-4-10-7(2)9-6-8(10)11(12)13/h1-6H,(H2,10,11);6H,3-5H2,1-2H3. The van der Waals surface area contributed by atoms with Gasteiger partial charge in [0.25, 0.3) is 0 Å². The van der Waals surface area contributed by atoms with Crippen molar-refractivity contribution in [2.75, 3.05) is 17.2 Å². The van der Waals surface area contributed by atoms with Crippen molar-refractivity contribution in [1.29, 1.82) is 0 Å². The Morgan fingerprint density at radius 1 is 1.22 bits per heavy atom. The van der Waals surface area contributed by atoms with Crippen molar-refractivity contribution in [3.63, 3.8) is 0 Å². The topological polar surface area (TPSA) is 134 Å². The van der Waals surface area contributed by atoms with Gasteiger partial charge in [-0.25, -0.2) is 23.0 Å². The number of pyridine rings is 1. The van der Waals surface area contributed by atoms with Crippen LogP contribution < -0.4 is 5.73 Å². The molecule has 0 spiro atoms. The highest BCUT2D eigenvalue weighted by Crippen LogP contribution is 2.14. The normalized spacial score (nSPS) is 11.0. The van der Waals surface area contributed by atoms with E-state index in [0.29, 0.717) is 11.6 Å². The first-order chi connectivity index (χ1) is 12.7. The lowest BCUT2D eigenvalue weighted by Crippen LogP contribution is -2.16. The molecule has 27 heavy (non-hydrogen) atoms. The number of para-hydroxylation sites is 1. The van der Waals surface area contributed by atoms with Crippen LogP contribution in [0.1, 0.15) is 12.7 Å². The third-order valence-electron chi connectivity index (χ3n) is 3.91. The molecule has 2 N–H and O–H groups in total. The minimum Gasteiger partial charge on any atom is -0.384 e. The maximum atomic E-state index is 11.3. The van der Waals surface area contributed by atoms with Crippen LogP contribution in [0.3, 0.4) is 0 Å². The smallest absolute Gasteiger partial charge is 0.342 e. The zero-order valence-corrected chi connectivity index (χ0v) is 15.9. The van der Waals surface area contributed by atoms with Gasteiger partial charge in [-0.2, -0.15) is 0 Å². The van der Waals surface area contributed by atoms with Crippen molar-refractivity contribution >= 4 is 32.4 Å². The number of aromatic nitrogens is 3. The van der Waals surface area contributed by atoms with Gasteiger partial charge in [-0.05, 0) is 23.1 Å². The minimum absolute atomic E-state index is 0.0363. The highest BCUT2D eigenvalue weighted by atomic mass is 32.2. The summed E-state index contributed by atoms with van der Waals surface area (Å²) in [7, 11) is -3.13. The summed E-state index contributed by atoms with van der Waals surface area (Å²) >= 11 is 0. The van der Waals surface area contributed by atoms with Crippen molar-refractivity contribution in [2.45, 2.75) is 20.4 Å². The van der Waals surface area contributed by atoms with E-state index in [9.17, 15) is 18.5 Å². The van der Waals surface area contributed by atoms with Crippen molar-refractivity contribution in [3.8, 4) is 0 Å². The molecule has 0 unspecified atom stereocenters. The van der Waals surface area contributed by atoms with Gasteiger partial charge in [0.2, 0.25) is 0 Å². The van der Waals surface area contributed by atoms with Crippen molar-refractivity contribution in [2.24, 2.45) is 0 Å². The number of rotatable bonds is 5. The summed E-state index contributed by atoms with van der Waals surface area (Å²) in [4.78, 5) is 18.0. The molecule has 3 rings (SSSR count). The van der Waals surface area contributed by atoms with Crippen LogP contribution in [0.5, 0.6) is 0 Å². The summed E-state index contributed by atoms with van der Waals surface area (Å²) in [5, 5.41) is 11.8. The van der Waals surface area contributed by atoms with Gasteiger partial charge in [-0.1, -0.05) is 25.1 Å². The second-order valence-corrected chi connectivity index (χ2v) is 8.21. The number of sulfone groups is 1. The molecule has 2 heterocycles. The van der Waals surface area contributed by atoms with E-state index in [1.54, 1.807) is 13.8 Å². The third kappa shape index (κ3) is 5.48. The first-order valence-corrected chi connectivity index (χ1v) is 10.0. The number of nitro groups is 1. The van der Waals surface area contributed by atoms with Crippen molar-refractivity contribution < 1.29 is 13.3 Å². The number of hydrogen-bond donors (Lipinski definition) is 1. The summed E-state index contributed by atoms with van der Waals surface area (Å²) < 4.78 is 23.9. The maximum absolute atomic E-state index is 11.3. The largest absolute Gasteiger partial charge is 0.384 e. The Balaban J connectivity index is 0.000000206. The molecule has 0 aliphatic carbocycles. The molecule has 0 aliphatic rings. The van der Waals surface area contributed by atoms with E-state index in [1.807, 2.05) is 36.4 Å². The van der Waals surface area contributed by atoms with Gasteiger partial charge in [0, 0.05) is 18.1 Å². The predicted octanol–water partition coefficient (Wildman–Crippen LogP) is 2.35. The van der Waals surface area contributed by atoms with Crippen LogP contribution in [0.25, 0.3) is 10.9 Å². The van der Waals surface area contributed by atoms with Gasteiger partial charge < -0.3 is 15.8 Å². The summed E-state index contributed by atoms with van der Waals surface area (Å²) in [5.74, 6) is 0.765. The second-order valence-electron chi connectivity index (χ2n) is 5.74. The number of imidazole rings is 1. The monoisotopic (exact) mass is 391 g/mol. The van der Waals surface area contributed by atoms with Crippen LogP contribution in [0, 0.1) is 17.0 Å². The van der Waals surface area contributed by atoms with E-state index in [-0.39, 0.29) is 23.9 Å². The Hall–Kier alpha value is -3.01. The summed E-state index contributed by atoms with van der Waals surface area (Å²) in [6, 6.07) is 11.7. The molecule has 9 nitrogen and oxygen atoms in total. The van der Waals surface area contributed by atoms with Crippen molar-refractivity contribution in [3.05, 3.63) is 58.5 Å². The molecule has 0 amide bonds. The molecule has 0 saturated heterocycles. The Morgan fingerprint density at radius 2 is 1.93 bits per heavy atom. The molecule has 2 aromatic heterocycles. The average Bonchev–Trinajstić information content (AvgIpc) is 3.01. The predicted molar refractivity (Wildman–Crippen MR) is 104 cm³/mol. The van der Waals surface area contributed by atoms with Crippen LogP contribution in [0.2, 0.25) is 0 Å². The molecule has 0 fully saturated rings. The number of nitrogens with two attached hydrogens (primary N) is 1. The second kappa shape index (κ2) is 8.58. The molecule has 0 atom stereocenters. The zero-order valence-electron chi connectivity index (χ0n) is 15.1. The highest BCUT2D eigenvalue weighted by Gasteiger charge is 2.19. The summed E-state index contributed by atoms with van der Waals surface area (Å²) in [6.45, 7) is 3.22. The molecule has 1 aromatic carbocycles. The van der Waals surface area contributed by atoms with Gasteiger partial charge in [0.1, 0.15) is 18.6 Å². The van der Waals surface area contributed by atoms with E-state index < -0.39 is 14.8 Å². The number of nitrogen functional groups attached to an aromatic ring is 1. The van der Waals surface area contributed by atoms with Crippen LogP contribution in [0.15, 0.2) is 42.6 Å². The molecule has 3 aromatic rings. The number of benzene rings is 1. The fourth-order valence-electron chi connectivity index (χ4n) is 2.33. The average molecular weight is 391 g/mol. The number of anilines is 1. The Labute approximate surface area is 156 Å². The van der Waals surface area contributed by atoms with Crippen LogP contribution in [-0.4, -0.2) is 39.4 Å². The maximum Gasteiger partial charge on any atom is 0.342 e. The van der Waals surface area contributed by atoms with Crippen molar-refractivity contribution in [1.82, 2.24) is 14.5 Å². The quantitative estimate of drug-likeness (QED) is 0.521. The fourth-order valence-corrected chi connectivity index (χ4v) is 3.08. The Kier molecular flexibility index (Phi) is 6.45. The van der Waals surface area contributed by atoms with E-state index in [2.05, 4.69) is 9.97 Å². The Morgan fingerprint density at radius 3 is 2.59 bits per heavy atom. The number of fused-ring (bicyclic) bond motifs is 1. The van der Waals surface area contributed by atoms with Gasteiger partial charge in [-0.15, -0.1) is 0 Å². The number of aryl methyl sites for hydroxylation is 1. The highest BCUT2D eigenvalue weighted by molar-refractivity contribution is 7.91. The molecule has 144 valence electrons. The lowest BCUT2D eigenvalue weighted by Gasteiger charge is -2.02. The minimum atomic E-state index is -3.13. The first-order valence-electron chi connectivity index (χ1n) is 8.21. The lowest BCUT2D eigenvalue weighted by molar-refractivity contribution is -0.392. The van der Waals surface area contributed by atoms with E-state index in [4.69, 9.17) is 5.73 Å². The van der Waals surface area contributed by atoms with Gasteiger partial charge in [0.05, 0.1) is 11.3 Å². The van der Waals surface area contributed by atoms with E-state index in [1.165, 1.54) is 4.57 Å². The van der Waals surface area contributed by atoms with Crippen LogP contribution in [-0.2, 0) is 16.4 Å². The molecular weight excluding hydrogens is 370 g/mol. The Bertz CT molecular complexity index is 1050. The first kappa shape index (κ1) is 20.3. The molecular formula is C17H21N5O4S. The summed E-state index contributed by atoms with van der Waals surface area (Å²) in [5.41, 5.74) is 6.46. The zero-order chi connectivity index (χ0) is 20.0. The van der Waals surface area contributed by atoms with Gasteiger partial charge in [-0.3, -0.25) is 0 Å². The molecule has 0 aliphatic heterocycles.